The summed E-state index contributed by atoms with van der Waals surface area (Å²) in [6, 6.07) is 6.88. The summed E-state index contributed by atoms with van der Waals surface area (Å²) in [7, 11) is -3.20. The van der Waals surface area contributed by atoms with Crippen molar-refractivity contribution in [3.05, 3.63) is 29.8 Å². The van der Waals surface area contributed by atoms with Crippen molar-refractivity contribution in [1.29, 1.82) is 0 Å². The molecule has 0 radical (unpaired) electrons. The van der Waals surface area contributed by atoms with E-state index in [0.29, 0.717) is 23.7 Å². The van der Waals surface area contributed by atoms with Gasteiger partial charge in [0.1, 0.15) is 0 Å². The molecule has 1 aliphatic heterocycles. The molecule has 0 aromatic heterocycles. The highest BCUT2D eigenvalue weighted by molar-refractivity contribution is 7.92. The van der Waals surface area contributed by atoms with Gasteiger partial charge < -0.3 is 5.32 Å². The summed E-state index contributed by atoms with van der Waals surface area (Å²) >= 11 is 0. The second-order valence-corrected chi connectivity index (χ2v) is 8.52. The van der Waals surface area contributed by atoms with Crippen LogP contribution in [0.25, 0.3) is 0 Å². The number of hydrogen-bond acceptors (Lipinski definition) is 3. The Morgan fingerprint density at radius 1 is 1.09 bits per heavy atom. The molecule has 1 saturated carbocycles. The third kappa shape index (κ3) is 3.86. The third-order valence-corrected chi connectivity index (χ3v) is 6.66. The van der Waals surface area contributed by atoms with Gasteiger partial charge in [-0.3, -0.25) is 9.10 Å². The van der Waals surface area contributed by atoms with E-state index >= 15 is 0 Å². The minimum atomic E-state index is -3.20. The monoisotopic (exact) mass is 336 g/mol. The first-order chi connectivity index (χ1) is 11.1. The van der Waals surface area contributed by atoms with Crippen LogP contribution in [-0.4, -0.2) is 33.2 Å². The molecule has 1 aliphatic carbocycles. The van der Waals surface area contributed by atoms with Gasteiger partial charge in [-0.1, -0.05) is 12.8 Å². The molecule has 1 heterocycles. The zero-order valence-electron chi connectivity index (χ0n) is 13.3. The van der Waals surface area contributed by atoms with Crippen LogP contribution in [0.3, 0.4) is 0 Å². The quantitative estimate of drug-likeness (QED) is 0.919. The van der Waals surface area contributed by atoms with Crippen LogP contribution in [0.1, 0.15) is 48.9 Å². The Labute approximate surface area is 138 Å². The molecule has 5 nitrogen and oxygen atoms in total. The number of rotatable bonds is 4. The van der Waals surface area contributed by atoms with Crippen LogP contribution in [-0.2, 0) is 10.0 Å². The molecule has 1 aromatic carbocycles. The zero-order chi connectivity index (χ0) is 16.3. The van der Waals surface area contributed by atoms with Crippen molar-refractivity contribution < 1.29 is 13.2 Å². The Hall–Kier alpha value is -1.56. The summed E-state index contributed by atoms with van der Waals surface area (Å²) in [6.07, 6.45) is 6.53. The van der Waals surface area contributed by atoms with Gasteiger partial charge in [0.15, 0.2) is 0 Å². The summed E-state index contributed by atoms with van der Waals surface area (Å²) in [4.78, 5) is 12.2. The minimum Gasteiger partial charge on any atom is -0.352 e. The van der Waals surface area contributed by atoms with Crippen LogP contribution < -0.4 is 9.62 Å². The van der Waals surface area contributed by atoms with E-state index in [0.717, 1.165) is 19.4 Å². The Kier molecular flexibility index (Phi) is 4.90. The predicted molar refractivity (Wildman–Crippen MR) is 91.1 cm³/mol. The topological polar surface area (TPSA) is 66.5 Å². The standard InChI is InChI=1S/C17H24N2O3S/c20-17(18-13-14-5-1-2-6-14)15-7-9-16(10-8-15)19-11-3-4-12-23(19,21)22/h7-10,14H,1-6,11-13H2,(H,18,20). The first-order valence-corrected chi connectivity index (χ1v) is 10.1. The van der Waals surface area contributed by atoms with E-state index in [1.54, 1.807) is 24.3 Å². The second kappa shape index (κ2) is 6.91. The maximum atomic E-state index is 12.2. The average molecular weight is 336 g/mol. The fraction of sp³-hybridized carbons (Fsp3) is 0.588. The number of carbonyl (C=O) groups is 1. The van der Waals surface area contributed by atoms with E-state index in [4.69, 9.17) is 0 Å². The highest BCUT2D eigenvalue weighted by atomic mass is 32.2. The van der Waals surface area contributed by atoms with Gasteiger partial charge in [0.25, 0.3) is 5.91 Å². The van der Waals surface area contributed by atoms with Crippen LogP contribution in [0.15, 0.2) is 24.3 Å². The van der Waals surface area contributed by atoms with Crippen molar-refractivity contribution in [2.75, 3.05) is 23.1 Å². The molecule has 2 aliphatic rings. The van der Waals surface area contributed by atoms with Crippen molar-refractivity contribution >= 4 is 21.6 Å². The number of amides is 1. The third-order valence-electron chi connectivity index (χ3n) is 4.79. The SMILES string of the molecule is O=C(NCC1CCCC1)c1ccc(N2CCCCS2(=O)=O)cc1. The maximum absolute atomic E-state index is 12.2. The second-order valence-electron chi connectivity index (χ2n) is 6.50. The molecule has 126 valence electrons. The van der Waals surface area contributed by atoms with Crippen LogP contribution in [0.5, 0.6) is 0 Å². The summed E-state index contributed by atoms with van der Waals surface area (Å²) in [6.45, 7) is 1.26. The van der Waals surface area contributed by atoms with E-state index in [2.05, 4.69) is 5.32 Å². The van der Waals surface area contributed by atoms with Gasteiger partial charge >= 0.3 is 0 Å². The first-order valence-electron chi connectivity index (χ1n) is 8.45. The zero-order valence-corrected chi connectivity index (χ0v) is 14.1. The van der Waals surface area contributed by atoms with Gasteiger partial charge in [-0.2, -0.15) is 0 Å². The van der Waals surface area contributed by atoms with Gasteiger partial charge in [0.2, 0.25) is 10.0 Å². The smallest absolute Gasteiger partial charge is 0.251 e. The van der Waals surface area contributed by atoms with Crippen molar-refractivity contribution in [2.24, 2.45) is 5.92 Å². The summed E-state index contributed by atoms with van der Waals surface area (Å²) in [5.74, 6) is 0.734. The molecule has 0 spiro atoms. The van der Waals surface area contributed by atoms with Crippen LogP contribution in [0, 0.1) is 5.92 Å². The Balaban J connectivity index is 1.63. The number of anilines is 1. The summed E-state index contributed by atoms with van der Waals surface area (Å²) < 4.78 is 25.6. The van der Waals surface area contributed by atoms with Crippen LogP contribution in [0.4, 0.5) is 5.69 Å². The Morgan fingerprint density at radius 3 is 2.43 bits per heavy atom. The molecule has 23 heavy (non-hydrogen) atoms. The largest absolute Gasteiger partial charge is 0.352 e. The lowest BCUT2D eigenvalue weighted by Crippen LogP contribution is -2.37. The molecule has 0 atom stereocenters. The molecule has 0 bridgehead atoms. The van der Waals surface area contributed by atoms with E-state index in [9.17, 15) is 13.2 Å². The lowest BCUT2D eigenvalue weighted by molar-refractivity contribution is 0.0947. The Morgan fingerprint density at radius 2 is 1.78 bits per heavy atom. The lowest BCUT2D eigenvalue weighted by Gasteiger charge is -2.28. The van der Waals surface area contributed by atoms with Gasteiger partial charge in [-0.15, -0.1) is 0 Å². The number of sulfonamides is 1. The maximum Gasteiger partial charge on any atom is 0.251 e. The molecule has 1 N–H and O–H groups in total. The summed E-state index contributed by atoms with van der Waals surface area (Å²) in [5.41, 5.74) is 1.23. The van der Waals surface area contributed by atoms with Crippen molar-refractivity contribution in [1.82, 2.24) is 5.32 Å². The van der Waals surface area contributed by atoms with Crippen LogP contribution in [0.2, 0.25) is 0 Å². The molecule has 2 fully saturated rings. The van der Waals surface area contributed by atoms with Gasteiger partial charge in [0.05, 0.1) is 11.4 Å². The first kappa shape index (κ1) is 16.3. The Bertz CT molecular complexity index is 649. The van der Waals surface area contributed by atoms with Crippen molar-refractivity contribution in [2.45, 2.75) is 38.5 Å². The highest BCUT2D eigenvalue weighted by Crippen LogP contribution is 2.25. The lowest BCUT2D eigenvalue weighted by atomic mass is 10.1. The molecule has 0 unspecified atom stereocenters. The molecular weight excluding hydrogens is 312 g/mol. The number of benzene rings is 1. The number of nitrogens with one attached hydrogen (secondary N) is 1. The van der Waals surface area contributed by atoms with Gasteiger partial charge in [-0.25, -0.2) is 8.42 Å². The number of hydrogen-bond donors (Lipinski definition) is 1. The van der Waals surface area contributed by atoms with Gasteiger partial charge in [0, 0.05) is 18.7 Å². The normalized spacial score (nSPS) is 21.3. The molecular formula is C17H24N2O3S. The minimum absolute atomic E-state index is 0.0787. The summed E-state index contributed by atoms with van der Waals surface area (Å²) in [5, 5.41) is 2.99. The van der Waals surface area contributed by atoms with Gasteiger partial charge in [-0.05, 0) is 55.9 Å². The van der Waals surface area contributed by atoms with E-state index in [-0.39, 0.29) is 11.7 Å². The molecule has 6 heteroatoms. The molecule has 1 amide bonds. The fourth-order valence-corrected chi connectivity index (χ4v) is 5.05. The molecule has 3 rings (SSSR count). The predicted octanol–water partition coefficient (Wildman–Crippen LogP) is 2.54. The van der Waals surface area contributed by atoms with Crippen molar-refractivity contribution in [3.63, 3.8) is 0 Å². The fourth-order valence-electron chi connectivity index (χ4n) is 3.41. The average Bonchev–Trinajstić information content (AvgIpc) is 3.06. The van der Waals surface area contributed by atoms with Crippen LogP contribution >= 0.6 is 0 Å². The van der Waals surface area contributed by atoms with Crippen molar-refractivity contribution in [3.8, 4) is 0 Å². The number of nitrogens with zero attached hydrogens (tertiary/aromatic N) is 1. The van der Waals surface area contributed by atoms with E-state index in [1.807, 2.05) is 0 Å². The highest BCUT2D eigenvalue weighted by Gasteiger charge is 2.26. The molecule has 1 saturated heterocycles. The number of carbonyl (C=O) groups excluding carboxylic acids is 1. The molecule has 1 aromatic rings. The van der Waals surface area contributed by atoms with E-state index < -0.39 is 10.0 Å². The van der Waals surface area contributed by atoms with E-state index in [1.165, 1.54) is 30.0 Å².